The molecule has 1 aliphatic rings. The number of carbonyl (C=O) groups is 1. The SMILES string of the molecule is CCCOc1ccc(CC2C(C)NNC2C=O)cc1. The molecule has 0 aliphatic carbocycles. The standard InChI is InChI=1S/C15H22N2O2/c1-3-8-19-13-6-4-12(5-7-13)9-14-11(2)16-17-15(14)10-18/h4-7,10-11,14-17H,3,8-9H2,1-2H3. The molecule has 0 radical (unpaired) electrons. The van der Waals surface area contributed by atoms with Crippen molar-refractivity contribution in [1.82, 2.24) is 10.9 Å². The van der Waals surface area contributed by atoms with Crippen molar-refractivity contribution in [3.8, 4) is 5.75 Å². The lowest BCUT2D eigenvalue weighted by Crippen LogP contribution is -2.33. The Hall–Kier alpha value is -1.39. The highest BCUT2D eigenvalue weighted by Crippen LogP contribution is 2.21. The summed E-state index contributed by atoms with van der Waals surface area (Å²) in [6.45, 7) is 4.94. The minimum atomic E-state index is -0.106. The molecule has 1 saturated heterocycles. The molecule has 2 rings (SSSR count). The van der Waals surface area contributed by atoms with Crippen molar-refractivity contribution in [3.63, 3.8) is 0 Å². The minimum Gasteiger partial charge on any atom is -0.494 e. The minimum absolute atomic E-state index is 0.106. The fourth-order valence-corrected chi connectivity index (χ4v) is 2.41. The average Bonchev–Trinajstić information content (AvgIpc) is 2.79. The van der Waals surface area contributed by atoms with E-state index in [1.165, 1.54) is 5.56 Å². The topological polar surface area (TPSA) is 50.4 Å². The molecule has 1 aromatic rings. The van der Waals surface area contributed by atoms with Gasteiger partial charge in [-0.3, -0.25) is 5.43 Å². The Labute approximate surface area is 114 Å². The Morgan fingerprint density at radius 1 is 1.26 bits per heavy atom. The second kappa shape index (κ2) is 6.68. The van der Waals surface area contributed by atoms with E-state index in [4.69, 9.17) is 4.74 Å². The van der Waals surface area contributed by atoms with Gasteiger partial charge in [-0.15, -0.1) is 0 Å². The first kappa shape index (κ1) is 14.0. The van der Waals surface area contributed by atoms with Crippen LogP contribution >= 0.6 is 0 Å². The molecule has 104 valence electrons. The van der Waals surface area contributed by atoms with Gasteiger partial charge in [-0.25, -0.2) is 5.43 Å². The lowest BCUT2D eigenvalue weighted by molar-refractivity contribution is -0.110. The Kier molecular flexibility index (Phi) is 4.93. The summed E-state index contributed by atoms with van der Waals surface area (Å²) in [5, 5.41) is 0. The summed E-state index contributed by atoms with van der Waals surface area (Å²) in [7, 11) is 0. The monoisotopic (exact) mass is 262 g/mol. The van der Waals surface area contributed by atoms with E-state index in [9.17, 15) is 4.79 Å². The molecule has 1 fully saturated rings. The number of carbonyl (C=O) groups excluding carboxylic acids is 1. The van der Waals surface area contributed by atoms with Gasteiger partial charge in [-0.2, -0.15) is 0 Å². The molecule has 2 N–H and O–H groups in total. The molecular formula is C15H22N2O2. The molecule has 0 aromatic heterocycles. The van der Waals surface area contributed by atoms with Gasteiger partial charge in [0.05, 0.1) is 12.6 Å². The van der Waals surface area contributed by atoms with Crippen LogP contribution in [0.5, 0.6) is 5.75 Å². The first-order valence-electron chi connectivity index (χ1n) is 6.92. The predicted molar refractivity (Wildman–Crippen MR) is 75.0 cm³/mol. The van der Waals surface area contributed by atoms with Crippen LogP contribution in [0.1, 0.15) is 25.8 Å². The number of hydrogen-bond donors (Lipinski definition) is 2. The number of nitrogens with one attached hydrogen (secondary N) is 2. The highest BCUT2D eigenvalue weighted by molar-refractivity contribution is 5.59. The van der Waals surface area contributed by atoms with Crippen LogP contribution in [0.4, 0.5) is 0 Å². The third-order valence-corrected chi connectivity index (χ3v) is 3.60. The van der Waals surface area contributed by atoms with E-state index >= 15 is 0 Å². The van der Waals surface area contributed by atoms with E-state index in [0.29, 0.717) is 12.0 Å². The van der Waals surface area contributed by atoms with Crippen molar-refractivity contribution in [2.24, 2.45) is 5.92 Å². The zero-order valence-electron chi connectivity index (χ0n) is 11.6. The number of hydrazine groups is 1. The third-order valence-electron chi connectivity index (χ3n) is 3.60. The van der Waals surface area contributed by atoms with Crippen LogP contribution in [0.2, 0.25) is 0 Å². The molecule has 1 aromatic carbocycles. The van der Waals surface area contributed by atoms with Crippen molar-refractivity contribution in [2.75, 3.05) is 6.61 Å². The number of aldehydes is 1. The molecule has 0 saturated carbocycles. The normalized spacial score (nSPS) is 26.3. The second-order valence-electron chi connectivity index (χ2n) is 5.10. The number of benzene rings is 1. The van der Waals surface area contributed by atoms with Crippen molar-refractivity contribution < 1.29 is 9.53 Å². The Bertz CT molecular complexity index is 405. The molecule has 1 heterocycles. The Morgan fingerprint density at radius 3 is 2.63 bits per heavy atom. The van der Waals surface area contributed by atoms with Gasteiger partial charge in [-0.1, -0.05) is 19.1 Å². The summed E-state index contributed by atoms with van der Waals surface area (Å²) in [5.74, 6) is 1.20. The summed E-state index contributed by atoms with van der Waals surface area (Å²) in [5.41, 5.74) is 7.38. The van der Waals surface area contributed by atoms with Gasteiger partial charge in [0.25, 0.3) is 0 Å². The molecule has 19 heavy (non-hydrogen) atoms. The molecule has 0 amide bonds. The molecule has 0 spiro atoms. The van der Waals surface area contributed by atoms with Crippen molar-refractivity contribution >= 4 is 6.29 Å². The van der Waals surface area contributed by atoms with E-state index < -0.39 is 0 Å². The summed E-state index contributed by atoms with van der Waals surface area (Å²) in [6, 6.07) is 8.36. The highest BCUT2D eigenvalue weighted by atomic mass is 16.5. The van der Waals surface area contributed by atoms with Gasteiger partial charge in [-0.05, 0) is 37.5 Å². The molecular weight excluding hydrogens is 240 g/mol. The molecule has 3 unspecified atom stereocenters. The van der Waals surface area contributed by atoms with E-state index in [1.54, 1.807) is 0 Å². The van der Waals surface area contributed by atoms with Gasteiger partial charge in [0.1, 0.15) is 12.0 Å². The lowest BCUT2D eigenvalue weighted by Gasteiger charge is -2.17. The van der Waals surface area contributed by atoms with Gasteiger partial charge in [0.2, 0.25) is 0 Å². The van der Waals surface area contributed by atoms with Crippen LogP contribution in [0.15, 0.2) is 24.3 Å². The molecule has 4 heteroatoms. The fraction of sp³-hybridized carbons (Fsp3) is 0.533. The predicted octanol–water partition coefficient (Wildman–Crippen LogP) is 1.70. The number of hydrogen-bond acceptors (Lipinski definition) is 4. The van der Waals surface area contributed by atoms with Crippen LogP contribution < -0.4 is 15.6 Å². The van der Waals surface area contributed by atoms with E-state index in [2.05, 4.69) is 36.8 Å². The summed E-state index contributed by atoms with van der Waals surface area (Å²) < 4.78 is 5.56. The zero-order valence-corrected chi connectivity index (χ0v) is 11.6. The van der Waals surface area contributed by atoms with Crippen LogP contribution in [0, 0.1) is 5.92 Å². The zero-order chi connectivity index (χ0) is 13.7. The maximum absolute atomic E-state index is 11.0. The van der Waals surface area contributed by atoms with E-state index in [-0.39, 0.29) is 6.04 Å². The third kappa shape index (κ3) is 3.55. The second-order valence-corrected chi connectivity index (χ2v) is 5.10. The van der Waals surface area contributed by atoms with Gasteiger partial charge in [0.15, 0.2) is 0 Å². The first-order valence-corrected chi connectivity index (χ1v) is 6.92. The van der Waals surface area contributed by atoms with Crippen LogP contribution in [0.25, 0.3) is 0 Å². The summed E-state index contributed by atoms with van der Waals surface area (Å²) >= 11 is 0. The van der Waals surface area contributed by atoms with Gasteiger partial charge in [0, 0.05) is 12.0 Å². The summed E-state index contributed by atoms with van der Waals surface area (Å²) in [4.78, 5) is 11.0. The highest BCUT2D eigenvalue weighted by Gasteiger charge is 2.32. The molecule has 1 aliphatic heterocycles. The summed E-state index contributed by atoms with van der Waals surface area (Å²) in [6.07, 6.45) is 2.89. The van der Waals surface area contributed by atoms with Crippen LogP contribution in [0.3, 0.4) is 0 Å². The van der Waals surface area contributed by atoms with Crippen LogP contribution in [-0.2, 0) is 11.2 Å². The van der Waals surface area contributed by atoms with Crippen molar-refractivity contribution in [2.45, 2.75) is 38.8 Å². The number of rotatable bonds is 6. The largest absolute Gasteiger partial charge is 0.494 e. The molecule has 4 nitrogen and oxygen atoms in total. The lowest BCUT2D eigenvalue weighted by atomic mass is 9.89. The van der Waals surface area contributed by atoms with E-state index in [0.717, 1.165) is 31.5 Å². The van der Waals surface area contributed by atoms with E-state index in [1.807, 2.05) is 12.1 Å². The Balaban J connectivity index is 1.96. The first-order chi connectivity index (χ1) is 9.24. The van der Waals surface area contributed by atoms with Crippen LogP contribution in [-0.4, -0.2) is 25.0 Å². The van der Waals surface area contributed by atoms with Gasteiger partial charge < -0.3 is 9.53 Å². The smallest absolute Gasteiger partial charge is 0.138 e. The van der Waals surface area contributed by atoms with Gasteiger partial charge >= 0.3 is 0 Å². The van der Waals surface area contributed by atoms with Crippen molar-refractivity contribution in [3.05, 3.63) is 29.8 Å². The average molecular weight is 262 g/mol. The number of ether oxygens (including phenoxy) is 1. The maximum atomic E-state index is 11.0. The molecule has 3 atom stereocenters. The maximum Gasteiger partial charge on any atom is 0.138 e. The Morgan fingerprint density at radius 2 is 2.00 bits per heavy atom. The quantitative estimate of drug-likeness (QED) is 0.766. The molecule has 0 bridgehead atoms. The van der Waals surface area contributed by atoms with Crippen molar-refractivity contribution in [1.29, 1.82) is 0 Å². The fourth-order valence-electron chi connectivity index (χ4n) is 2.41.